The third kappa shape index (κ3) is 6.69. The van der Waals surface area contributed by atoms with E-state index in [0.29, 0.717) is 10.3 Å². The molecule has 2 aliphatic rings. The molecule has 1 aromatic carbocycles. The SMILES string of the molecule is CCCCC1=[C]([Zr+2][CH]2C(P(C(C)(C)C)C(C)(C)C)=Cc3ccccc32)CC=C1C.[Cl-].[Cl-]. The van der Waals surface area contributed by atoms with Gasteiger partial charge in [-0.1, -0.05) is 0 Å². The predicted octanol–water partition coefficient (Wildman–Crippen LogP) is 3.05. The number of hydrogen-bond donors (Lipinski definition) is 0. The zero-order valence-electron chi connectivity index (χ0n) is 20.6. The van der Waals surface area contributed by atoms with E-state index in [1.54, 1.807) is 22.0 Å². The third-order valence-corrected chi connectivity index (χ3v) is 14.6. The summed E-state index contributed by atoms with van der Waals surface area (Å²) in [6, 6.07) is 9.29. The van der Waals surface area contributed by atoms with Crippen molar-refractivity contribution in [3.8, 4) is 0 Å². The Hall–Kier alpha value is 0.333. The van der Waals surface area contributed by atoms with Gasteiger partial charge in [0.05, 0.1) is 0 Å². The Balaban J connectivity index is 0.00000240. The molecule has 0 aliphatic heterocycles. The van der Waals surface area contributed by atoms with Crippen molar-refractivity contribution in [1.29, 1.82) is 0 Å². The molecule has 0 fully saturated rings. The minimum atomic E-state index is -0.739. The molecule has 0 nitrogen and oxygen atoms in total. The van der Waals surface area contributed by atoms with Crippen molar-refractivity contribution >= 4 is 14.0 Å². The summed E-state index contributed by atoms with van der Waals surface area (Å²) in [5.74, 6) is 0. The summed E-state index contributed by atoms with van der Waals surface area (Å²) in [6.07, 6.45) is 10.3. The van der Waals surface area contributed by atoms with Crippen LogP contribution in [-0.4, -0.2) is 10.3 Å². The van der Waals surface area contributed by atoms with E-state index in [1.165, 1.54) is 31.2 Å². The van der Waals surface area contributed by atoms with Gasteiger partial charge in [-0.3, -0.25) is 0 Å². The molecule has 0 heterocycles. The predicted molar refractivity (Wildman–Crippen MR) is 129 cm³/mol. The summed E-state index contributed by atoms with van der Waals surface area (Å²) in [6.45, 7) is 19.5. The standard InChI is InChI=1S/C17H24P.C10H15.2ClH.Zr/c1-16(2,3)18(17(4,5)6)15-11-13-9-7-8-10-14(13)12-15;1-3-4-7-10-8-5-6-9(10)2;;;/h7-12H,1-6H3;6H,3-5,7H2,1-2H3;2*1H;/q;;;;+2/p-2. The molecule has 4 heteroatoms. The van der Waals surface area contributed by atoms with Crippen LogP contribution in [0.4, 0.5) is 0 Å². The van der Waals surface area contributed by atoms with E-state index in [1.807, 2.05) is 3.28 Å². The number of rotatable bonds is 6. The fraction of sp³-hybridized carbons (Fsp3) is 0.556. The molecule has 1 aromatic rings. The zero-order chi connectivity index (χ0) is 21.4. The van der Waals surface area contributed by atoms with Crippen molar-refractivity contribution in [2.45, 2.75) is 95.0 Å². The second kappa shape index (κ2) is 11.6. The van der Waals surface area contributed by atoms with E-state index in [-0.39, 0.29) is 32.7 Å². The average Bonchev–Trinajstić information content (AvgIpc) is 3.12. The second-order valence-electron chi connectivity index (χ2n) is 10.6. The van der Waals surface area contributed by atoms with Gasteiger partial charge in [0.15, 0.2) is 0 Å². The van der Waals surface area contributed by atoms with Gasteiger partial charge in [-0.2, -0.15) is 0 Å². The molecule has 0 aromatic heterocycles. The van der Waals surface area contributed by atoms with Gasteiger partial charge in [0.1, 0.15) is 0 Å². The van der Waals surface area contributed by atoms with Crippen LogP contribution >= 0.6 is 7.92 Å². The summed E-state index contributed by atoms with van der Waals surface area (Å²) < 4.78 is 2.61. The Bertz CT molecular complexity index is 839. The van der Waals surface area contributed by atoms with Gasteiger partial charge in [0, 0.05) is 0 Å². The van der Waals surface area contributed by atoms with Crippen LogP contribution in [0.25, 0.3) is 6.08 Å². The Labute approximate surface area is 217 Å². The van der Waals surface area contributed by atoms with Gasteiger partial charge in [0.2, 0.25) is 0 Å². The third-order valence-electron chi connectivity index (χ3n) is 6.06. The van der Waals surface area contributed by atoms with Crippen LogP contribution in [0.15, 0.2) is 50.1 Å². The maximum Gasteiger partial charge on any atom is -1.00 e. The van der Waals surface area contributed by atoms with Crippen molar-refractivity contribution in [3.63, 3.8) is 0 Å². The molecule has 0 N–H and O–H groups in total. The second-order valence-corrected chi connectivity index (χ2v) is 18.1. The first-order chi connectivity index (χ1) is 13.5. The summed E-state index contributed by atoms with van der Waals surface area (Å²) >= 11 is -0.739. The van der Waals surface area contributed by atoms with Gasteiger partial charge in [0.25, 0.3) is 0 Å². The monoisotopic (exact) mass is 554 g/mol. The maximum absolute atomic E-state index is 2.62. The molecule has 0 saturated carbocycles. The molecule has 0 saturated heterocycles. The quantitative estimate of drug-likeness (QED) is 0.473. The molecule has 3 rings (SSSR count). The molecule has 0 spiro atoms. The largest absolute Gasteiger partial charge is 1.00 e. The maximum atomic E-state index is 2.62. The Kier molecular flexibility index (Phi) is 11.0. The first-order valence-corrected chi connectivity index (χ1v) is 15.3. The minimum absolute atomic E-state index is 0. The van der Waals surface area contributed by atoms with Crippen molar-refractivity contribution in [2.75, 3.05) is 0 Å². The average molecular weight is 557 g/mol. The van der Waals surface area contributed by atoms with E-state index in [2.05, 4.69) is 91.8 Å². The Morgan fingerprint density at radius 1 is 1.00 bits per heavy atom. The number of benzene rings is 1. The van der Waals surface area contributed by atoms with Gasteiger partial charge >= 0.3 is 193 Å². The van der Waals surface area contributed by atoms with Crippen LogP contribution in [0.5, 0.6) is 0 Å². The van der Waals surface area contributed by atoms with Gasteiger partial charge in [-0.25, -0.2) is 0 Å². The minimum Gasteiger partial charge on any atom is -1.00 e. The first kappa shape index (κ1) is 29.4. The molecule has 1 atom stereocenters. The van der Waals surface area contributed by atoms with Gasteiger partial charge in [-0.05, 0) is 0 Å². The van der Waals surface area contributed by atoms with Crippen molar-refractivity contribution in [2.24, 2.45) is 0 Å². The van der Waals surface area contributed by atoms with Crippen molar-refractivity contribution in [1.82, 2.24) is 0 Å². The number of halogens is 2. The molecule has 0 amide bonds. The summed E-state index contributed by atoms with van der Waals surface area (Å²) in [5.41, 5.74) is 6.48. The van der Waals surface area contributed by atoms with E-state index in [0.717, 1.165) is 3.63 Å². The molecule has 0 bridgehead atoms. The van der Waals surface area contributed by atoms with E-state index in [4.69, 9.17) is 0 Å². The molecular weight excluding hydrogens is 517 g/mol. The van der Waals surface area contributed by atoms with Crippen LogP contribution in [-0.2, 0) is 23.2 Å². The Morgan fingerprint density at radius 2 is 1.61 bits per heavy atom. The van der Waals surface area contributed by atoms with Gasteiger partial charge < -0.3 is 24.8 Å². The number of fused-ring (bicyclic) bond motifs is 1. The topological polar surface area (TPSA) is 0 Å². The van der Waals surface area contributed by atoms with Crippen LogP contribution in [0.1, 0.15) is 95.8 Å². The van der Waals surface area contributed by atoms with Crippen LogP contribution < -0.4 is 24.8 Å². The first-order valence-electron chi connectivity index (χ1n) is 11.3. The number of unbranched alkanes of at least 4 members (excludes halogenated alkanes) is 1. The normalized spacial score (nSPS) is 18.2. The fourth-order valence-electron chi connectivity index (χ4n) is 5.19. The Morgan fingerprint density at radius 3 is 2.19 bits per heavy atom. The number of allylic oxidation sites excluding steroid dienone is 5. The van der Waals surface area contributed by atoms with Gasteiger partial charge in [-0.15, -0.1) is 0 Å². The van der Waals surface area contributed by atoms with E-state index >= 15 is 0 Å². The molecule has 0 radical (unpaired) electrons. The summed E-state index contributed by atoms with van der Waals surface area (Å²) in [4.78, 5) is 0. The summed E-state index contributed by atoms with van der Waals surface area (Å²) in [7, 11) is -0.222. The van der Waals surface area contributed by atoms with Crippen molar-refractivity contribution in [3.05, 3.63) is 61.2 Å². The van der Waals surface area contributed by atoms with Crippen LogP contribution in [0.2, 0.25) is 0 Å². The zero-order valence-corrected chi connectivity index (χ0v) is 25.4. The van der Waals surface area contributed by atoms with Crippen molar-refractivity contribution < 1.29 is 48.0 Å². The molecule has 2 aliphatic carbocycles. The molecule has 1 unspecified atom stereocenters. The molecule has 170 valence electrons. The number of hydrogen-bond acceptors (Lipinski definition) is 0. The smallest absolute Gasteiger partial charge is 1.00 e. The fourth-order valence-corrected chi connectivity index (χ4v) is 15.0. The van der Waals surface area contributed by atoms with E-state index < -0.39 is 23.2 Å². The molecular formula is C27H39Cl2PZr. The van der Waals surface area contributed by atoms with Crippen LogP contribution in [0.3, 0.4) is 0 Å². The van der Waals surface area contributed by atoms with E-state index in [9.17, 15) is 0 Å². The summed E-state index contributed by atoms with van der Waals surface area (Å²) in [5, 5.41) is 2.48. The van der Waals surface area contributed by atoms with Crippen LogP contribution in [0, 0.1) is 0 Å². The molecule has 31 heavy (non-hydrogen) atoms.